The summed E-state index contributed by atoms with van der Waals surface area (Å²) in [6.07, 6.45) is 4.13. The average Bonchev–Trinajstić information content (AvgIpc) is 2.30. The van der Waals surface area contributed by atoms with Crippen molar-refractivity contribution in [3.05, 3.63) is 11.1 Å². The molecule has 0 N–H and O–H groups in total. The number of fused-ring (bicyclic) bond motifs is 2. The quantitative estimate of drug-likeness (QED) is 0.622. The van der Waals surface area contributed by atoms with Gasteiger partial charge in [0.2, 0.25) is 0 Å². The van der Waals surface area contributed by atoms with Crippen molar-refractivity contribution in [2.75, 3.05) is 13.2 Å². The lowest BCUT2D eigenvalue weighted by molar-refractivity contribution is -0.120. The molecule has 17 heavy (non-hydrogen) atoms. The van der Waals surface area contributed by atoms with E-state index in [1.807, 2.05) is 0 Å². The van der Waals surface area contributed by atoms with E-state index in [-0.39, 0.29) is 0 Å². The van der Waals surface area contributed by atoms with Gasteiger partial charge in [-0.2, -0.15) is 0 Å². The number of ether oxygens (including phenoxy) is 1. The SMILES string of the molecule is CC1=C(C2C(C)C[C@H]3C[C@@H]2C3(C)C)CCOC1. The predicted molar refractivity (Wildman–Crippen MR) is 70.8 cm³/mol. The van der Waals surface area contributed by atoms with Crippen molar-refractivity contribution < 1.29 is 4.74 Å². The van der Waals surface area contributed by atoms with Crippen LogP contribution in [0.25, 0.3) is 0 Å². The van der Waals surface area contributed by atoms with Crippen LogP contribution in [0.1, 0.15) is 47.0 Å². The van der Waals surface area contributed by atoms with E-state index in [1.54, 1.807) is 5.57 Å². The maximum atomic E-state index is 5.58. The van der Waals surface area contributed by atoms with Crippen LogP contribution in [0.3, 0.4) is 0 Å². The zero-order valence-corrected chi connectivity index (χ0v) is 11.8. The van der Waals surface area contributed by atoms with Crippen molar-refractivity contribution in [2.24, 2.45) is 29.1 Å². The van der Waals surface area contributed by atoms with Gasteiger partial charge in [0, 0.05) is 0 Å². The maximum absolute atomic E-state index is 5.58. The summed E-state index contributed by atoms with van der Waals surface area (Å²) in [5.41, 5.74) is 3.90. The van der Waals surface area contributed by atoms with Crippen LogP contribution in [-0.2, 0) is 4.74 Å². The second-order valence-electron chi connectivity index (χ2n) is 7.21. The molecule has 0 aromatic rings. The summed E-state index contributed by atoms with van der Waals surface area (Å²) in [5.74, 6) is 3.70. The summed E-state index contributed by atoms with van der Waals surface area (Å²) in [4.78, 5) is 0. The Morgan fingerprint density at radius 1 is 1.24 bits per heavy atom. The molecule has 0 radical (unpaired) electrons. The summed E-state index contributed by atoms with van der Waals surface area (Å²) < 4.78 is 5.58. The van der Waals surface area contributed by atoms with Gasteiger partial charge < -0.3 is 4.74 Å². The lowest BCUT2D eigenvalue weighted by Gasteiger charge is -2.63. The normalized spacial score (nSPS) is 44.5. The Bertz CT molecular complexity index is 353. The van der Waals surface area contributed by atoms with Gasteiger partial charge in [-0.25, -0.2) is 0 Å². The molecule has 0 aromatic heterocycles. The van der Waals surface area contributed by atoms with Crippen molar-refractivity contribution in [2.45, 2.75) is 47.0 Å². The Hall–Kier alpha value is -0.300. The van der Waals surface area contributed by atoms with Crippen LogP contribution >= 0.6 is 0 Å². The Kier molecular flexibility index (Phi) is 2.66. The van der Waals surface area contributed by atoms with Gasteiger partial charge in [0.15, 0.2) is 0 Å². The first-order valence-corrected chi connectivity index (χ1v) is 7.28. The van der Waals surface area contributed by atoms with Gasteiger partial charge in [-0.1, -0.05) is 26.3 Å². The molecule has 1 nitrogen and oxygen atoms in total. The fraction of sp³-hybridized carbons (Fsp3) is 0.875. The smallest absolute Gasteiger partial charge is 0.0676 e. The molecule has 0 saturated heterocycles. The van der Waals surface area contributed by atoms with Crippen molar-refractivity contribution in [3.8, 4) is 0 Å². The van der Waals surface area contributed by atoms with Gasteiger partial charge >= 0.3 is 0 Å². The zero-order chi connectivity index (χ0) is 12.2. The summed E-state index contributed by atoms with van der Waals surface area (Å²) in [6.45, 7) is 11.6. The molecular weight excluding hydrogens is 208 g/mol. The van der Waals surface area contributed by atoms with Gasteiger partial charge in [-0.05, 0) is 60.8 Å². The van der Waals surface area contributed by atoms with Crippen molar-refractivity contribution in [3.63, 3.8) is 0 Å². The van der Waals surface area contributed by atoms with Gasteiger partial charge in [0.05, 0.1) is 13.2 Å². The average molecular weight is 234 g/mol. The lowest BCUT2D eigenvalue weighted by Crippen LogP contribution is -2.55. The van der Waals surface area contributed by atoms with Crippen LogP contribution in [0.5, 0.6) is 0 Å². The van der Waals surface area contributed by atoms with E-state index in [0.29, 0.717) is 5.41 Å². The monoisotopic (exact) mass is 234 g/mol. The van der Waals surface area contributed by atoms with Crippen LogP contribution in [0.2, 0.25) is 0 Å². The second kappa shape index (κ2) is 3.85. The van der Waals surface area contributed by atoms with Crippen LogP contribution in [0, 0.1) is 29.1 Å². The zero-order valence-electron chi connectivity index (χ0n) is 11.8. The highest BCUT2D eigenvalue weighted by Crippen LogP contribution is 2.64. The third-order valence-electron chi connectivity index (χ3n) is 6.03. The molecule has 3 saturated carbocycles. The van der Waals surface area contributed by atoms with E-state index in [4.69, 9.17) is 4.74 Å². The van der Waals surface area contributed by atoms with E-state index >= 15 is 0 Å². The molecule has 2 unspecified atom stereocenters. The molecule has 2 bridgehead atoms. The summed E-state index contributed by atoms with van der Waals surface area (Å²) in [7, 11) is 0. The molecule has 0 aromatic carbocycles. The van der Waals surface area contributed by atoms with E-state index < -0.39 is 0 Å². The molecule has 1 heteroatoms. The van der Waals surface area contributed by atoms with Crippen LogP contribution < -0.4 is 0 Å². The Morgan fingerprint density at radius 3 is 2.65 bits per heavy atom. The third kappa shape index (κ3) is 1.62. The van der Waals surface area contributed by atoms with Gasteiger partial charge in [-0.15, -0.1) is 0 Å². The summed E-state index contributed by atoms with van der Waals surface area (Å²) >= 11 is 0. The highest BCUT2D eigenvalue weighted by atomic mass is 16.5. The second-order valence-corrected chi connectivity index (χ2v) is 7.21. The van der Waals surface area contributed by atoms with Crippen molar-refractivity contribution in [1.29, 1.82) is 0 Å². The van der Waals surface area contributed by atoms with Gasteiger partial charge in [0.1, 0.15) is 0 Å². The lowest BCUT2D eigenvalue weighted by atomic mass is 9.42. The Balaban J connectivity index is 1.91. The first kappa shape index (κ1) is 11.8. The first-order chi connectivity index (χ1) is 8.01. The van der Waals surface area contributed by atoms with Crippen LogP contribution in [0.4, 0.5) is 0 Å². The van der Waals surface area contributed by atoms with E-state index in [2.05, 4.69) is 27.7 Å². The number of rotatable bonds is 1. The third-order valence-corrected chi connectivity index (χ3v) is 6.03. The van der Waals surface area contributed by atoms with Crippen LogP contribution in [-0.4, -0.2) is 13.2 Å². The standard InChI is InChI=1S/C16H26O/c1-10-7-12-8-14(16(12,3)4)15(10)13-5-6-17-9-11(13)2/h10,12,14-15H,5-9H2,1-4H3/t10?,12-,14-,15?/m0/s1. The van der Waals surface area contributed by atoms with Crippen LogP contribution in [0.15, 0.2) is 11.1 Å². The fourth-order valence-electron chi connectivity index (χ4n) is 4.81. The minimum atomic E-state index is 0.600. The molecule has 4 aliphatic rings. The highest BCUT2D eigenvalue weighted by molar-refractivity contribution is 5.24. The minimum Gasteiger partial charge on any atom is -0.377 e. The van der Waals surface area contributed by atoms with Crippen molar-refractivity contribution >= 4 is 0 Å². The Morgan fingerprint density at radius 2 is 2.00 bits per heavy atom. The Labute approximate surface area is 106 Å². The van der Waals surface area contributed by atoms with Gasteiger partial charge in [-0.3, -0.25) is 0 Å². The molecule has 1 heterocycles. The molecule has 1 aliphatic heterocycles. The number of hydrogen-bond donors (Lipinski definition) is 0. The van der Waals surface area contributed by atoms with Gasteiger partial charge in [0.25, 0.3) is 0 Å². The molecular formula is C16H26O. The molecule has 0 spiro atoms. The topological polar surface area (TPSA) is 9.23 Å². The molecule has 96 valence electrons. The van der Waals surface area contributed by atoms with E-state index in [9.17, 15) is 0 Å². The highest BCUT2D eigenvalue weighted by Gasteiger charge is 2.57. The number of hydrogen-bond acceptors (Lipinski definition) is 1. The van der Waals surface area contributed by atoms with E-state index in [0.717, 1.165) is 36.9 Å². The fourth-order valence-corrected chi connectivity index (χ4v) is 4.81. The largest absolute Gasteiger partial charge is 0.377 e. The molecule has 0 amide bonds. The summed E-state index contributed by atoms with van der Waals surface area (Å²) in [6, 6.07) is 0. The molecule has 3 fully saturated rings. The summed E-state index contributed by atoms with van der Waals surface area (Å²) in [5, 5.41) is 0. The maximum Gasteiger partial charge on any atom is 0.0676 e. The first-order valence-electron chi connectivity index (χ1n) is 7.28. The predicted octanol–water partition coefficient (Wildman–Crippen LogP) is 4.04. The van der Waals surface area contributed by atoms with Crippen molar-refractivity contribution in [1.82, 2.24) is 0 Å². The molecule has 4 rings (SSSR count). The minimum absolute atomic E-state index is 0.600. The molecule has 4 atom stereocenters. The van der Waals surface area contributed by atoms with E-state index in [1.165, 1.54) is 24.8 Å². The molecule has 3 aliphatic carbocycles.